The normalized spacial score (nSPS) is 14.3. The molecule has 1 heterocycles. The van der Waals surface area contributed by atoms with E-state index in [1.807, 2.05) is 0 Å². The van der Waals surface area contributed by atoms with E-state index < -0.39 is 0 Å². The first-order valence-corrected chi connectivity index (χ1v) is 6.46. The molecular weight excluding hydrogens is 212 g/mol. The quantitative estimate of drug-likeness (QED) is 0.864. The van der Waals surface area contributed by atoms with E-state index in [4.69, 9.17) is 4.74 Å². The molecule has 3 heteroatoms. The number of anilines is 1. The van der Waals surface area contributed by atoms with Gasteiger partial charge in [-0.3, -0.25) is 0 Å². The Morgan fingerprint density at radius 2 is 2.00 bits per heavy atom. The van der Waals surface area contributed by atoms with Gasteiger partial charge in [0.25, 0.3) is 0 Å². The first kappa shape index (κ1) is 12.2. The molecule has 0 saturated heterocycles. The van der Waals surface area contributed by atoms with Crippen LogP contribution in [-0.4, -0.2) is 26.7 Å². The van der Waals surface area contributed by atoms with Gasteiger partial charge in [-0.05, 0) is 44.5 Å². The maximum atomic E-state index is 5.47. The van der Waals surface area contributed by atoms with Gasteiger partial charge in [0.2, 0.25) is 0 Å². The first-order valence-electron chi connectivity index (χ1n) is 6.46. The number of ether oxygens (including phenoxy) is 1. The van der Waals surface area contributed by atoms with E-state index >= 15 is 0 Å². The van der Waals surface area contributed by atoms with Gasteiger partial charge in [-0.2, -0.15) is 0 Å². The molecule has 0 unspecified atom stereocenters. The van der Waals surface area contributed by atoms with E-state index in [2.05, 4.69) is 36.2 Å². The molecule has 0 bridgehead atoms. The fraction of sp³-hybridized carbons (Fsp3) is 0.571. The van der Waals surface area contributed by atoms with Crippen molar-refractivity contribution in [1.82, 2.24) is 5.32 Å². The van der Waals surface area contributed by atoms with E-state index in [0.29, 0.717) is 0 Å². The molecule has 1 aromatic rings. The minimum absolute atomic E-state index is 0.957. The topological polar surface area (TPSA) is 24.5 Å². The van der Waals surface area contributed by atoms with Gasteiger partial charge >= 0.3 is 0 Å². The number of fused-ring (bicyclic) bond motifs is 1. The number of benzene rings is 1. The zero-order chi connectivity index (χ0) is 12.3. The van der Waals surface area contributed by atoms with E-state index in [0.717, 1.165) is 38.3 Å². The van der Waals surface area contributed by atoms with Crippen LogP contribution in [-0.2, 0) is 13.0 Å². The van der Waals surface area contributed by atoms with Gasteiger partial charge in [0.1, 0.15) is 5.75 Å². The van der Waals surface area contributed by atoms with Gasteiger partial charge < -0.3 is 15.0 Å². The average molecular weight is 234 g/mol. The standard InChI is InChI=1S/C14H22N2O/c1-4-16(5-2)13-6-7-14(17-3)11-8-9-15-10-12(11)13/h6-7,15H,4-5,8-10H2,1-3H3. The monoisotopic (exact) mass is 234 g/mol. The zero-order valence-corrected chi connectivity index (χ0v) is 11.0. The molecular formula is C14H22N2O. The minimum atomic E-state index is 0.957. The van der Waals surface area contributed by atoms with Crippen molar-refractivity contribution < 1.29 is 4.74 Å². The summed E-state index contributed by atoms with van der Waals surface area (Å²) in [5, 5.41) is 3.45. The van der Waals surface area contributed by atoms with Crippen molar-refractivity contribution in [2.24, 2.45) is 0 Å². The molecule has 17 heavy (non-hydrogen) atoms. The van der Waals surface area contributed by atoms with Crippen LogP contribution in [0.2, 0.25) is 0 Å². The summed E-state index contributed by atoms with van der Waals surface area (Å²) in [5.41, 5.74) is 4.16. The Labute approximate surface area is 104 Å². The van der Waals surface area contributed by atoms with E-state index in [-0.39, 0.29) is 0 Å². The van der Waals surface area contributed by atoms with Crippen LogP contribution in [0.25, 0.3) is 0 Å². The lowest BCUT2D eigenvalue weighted by Gasteiger charge is -2.29. The molecule has 3 nitrogen and oxygen atoms in total. The van der Waals surface area contributed by atoms with Gasteiger partial charge in [0, 0.05) is 30.9 Å². The molecule has 0 aliphatic carbocycles. The third kappa shape index (κ3) is 2.25. The summed E-state index contributed by atoms with van der Waals surface area (Å²) in [6.45, 7) is 8.51. The van der Waals surface area contributed by atoms with Crippen LogP contribution in [0.3, 0.4) is 0 Å². The lowest BCUT2D eigenvalue weighted by atomic mass is 9.97. The second-order valence-electron chi connectivity index (χ2n) is 4.34. The molecule has 1 aliphatic rings. The second-order valence-corrected chi connectivity index (χ2v) is 4.34. The fourth-order valence-corrected chi connectivity index (χ4v) is 2.61. The number of hydrogen-bond acceptors (Lipinski definition) is 3. The Balaban J connectivity index is 2.46. The summed E-state index contributed by atoms with van der Waals surface area (Å²) in [7, 11) is 1.76. The van der Waals surface area contributed by atoms with Gasteiger partial charge in [0.15, 0.2) is 0 Å². The highest BCUT2D eigenvalue weighted by Crippen LogP contribution is 2.33. The molecule has 0 fully saturated rings. The molecule has 1 aromatic carbocycles. The maximum absolute atomic E-state index is 5.47. The van der Waals surface area contributed by atoms with Gasteiger partial charge in [0.05, 0.1) is 7.11 Å². The smallest absolute Gasteiger partial charge is 0.122 e. The lowest BCUT2D eigenvalue weighted by molar-refractivity contribution is 0.406. The predicted octanol–water partition coefficient (Wildman–Crippen LogP) is 2.19. The van der Waals surface area contributed by atoms with E-state index in [1.165, 1.54) is 16.8 Å². The fourth-order valence-electron chi connectivity index (χ4n) is 2.61. The number of hydrogen-bond donors (Lipinski definition) is 1. The Kier molecular flexibility index (Phi) is 3.89. The SMILES string of the molecule is CCN(CC)c1ccc(OC)c2c1CNCC2. The summed E-state index contributed by atoms with van der Waals surface area (Å²) in [4.78, 5) is 2.41. The van der Waals surface area contributed by atoms with Crippen LogP contribution in [0, 0.1) is 0 Å². The summed E-state index contributed by atoms with van der Waals surface area (Å²) in [5.74, 6) is 1.04. The lowest BCUT2D eigenvalue weighted by Crippen LogP contribution is -2.29. The van der Waals surface area contributed by atoms with Crippen LogP contribution in [0.4, 0.5) is 5.69 Å². The summed E-state index contributed by atoms with van der Waals surface area (Å²) in [6.07, 6.45) is 1.06. The molecule has 0 radical (unpaired) electrons. The molecule has 1 N–H and O–H groups in total. The molecule has 2 rings (SSSR count). The van der Waals surface area contributed by atoms with Crippen molar-refractivity contribution in [3.05, 3.63) is 23.3 Å². The van der Waals surface area contributed by atoms with Crippen molar-refractivity contribution in [2.75, 3.05) is 31.6 Å². The first-order chi connectivity index (χ1) is 8.31. The molecule has 1 aliphatic heterocycles. The molecule has 94 valence electrons. The maximum Gasteiger partial charge on any atom is 0.122 e. The van der Waals surface area contributed by atoms with Crippen LogP contribution < -0.4 is 15.0 Å². The van der Waals surface area contributed by atoms with Crippen molar-refractivity contribution >= 4 is 5.69 Å². The van der Waals surface area contributed by atoms with Crippen molar-refractivity contribution in [3.63, 3.8) is 0 Å². The van der Waals surface area contributed by atoms with Crippen molar-refractivity contribution in [3.8, 4) is 5.75 Å². The third-order valence-corrected chi connectivity index (χ3v) is 3.54. The number of nitrogens with one attached hydrogen (secondary N) is 1. The van der Waals surface area contributed by atoms with Gasteiger partial charge in [-0.1, -0.05) is 0 Å². The third-order valence-electron chi connectivity index (χ3n) is 3.54. The number of nitrogens with zero attached hydrogens (tertiary/aromatic N) is 1. The highest BCUT2D eigenvalue weighted by molar-refractivity contribution is 5.61. The Morgan fingerprint density at radius 1 is 1.24 bits per heavy atom. The number of methoxy groups -OCH3 is 1. The minimum Gasteiger partial charge on any atom is -0.496 e. The summed E-state index contributed by atoms with van der Waals surface area (Å²) < 4.78 is 5.47. The second kappa shape index (κ2) is 5.41. The van der Waals surface area contributed by atoms with Crippen LogP contribution >= 0.6 is 0 Å². The van der Waals surface area contributed by atoms with E-state index in [1.54, 1.807) is 7.11 Å². The Hall–Kier alpha value is -1.22. The molecule has 0 spiro atoms. The summed E-state index contributed by atoms with van der Waals surface area (Å²) in [6, 6.07) is 4.30. The van der Waals surface area contributed by atoms with E-state index in [9.17, 15) is 0 Å². The summed E-state index contributed by atoms with van der Waals surface area (Å²) >= 11 is 0. The van der Waals surface area contributed by atoms with Crippen molar-refractivity contribution in [1.29, 1.82) is 0 Å². The highest BCUT2D eigenvalue weighted by atomic mass is 16.5. The van der Waals surface area contributed by atoms with Gasteiger partial charge in [-0.15, -0.1) is 0 Å². The predicted molar refractivity (Wildman–Crippen MR) is 72.0 cm³/mol. The molecule has 0 aromatic heterocycles. The molecule has 0 saturated carbocycles. The zero-order valence-electron chi connectivity index (χ0n) is 11.0. The van der Waals surface area contributed by atoms with Gasteiger partial charge in [-0.25, -0.2) is 0 Å². The average Bonchev–Trinajstić information content (AvgIpc) is 2.40. The number of rotatable bonds is 4. The largest absolute Gasteiger partial charge is 0.496 e. The Morgan fingerprint density at radius 3 is 2.65 bits per heavy atom. The van der Waals surface area contributed by atoms with Crippen LogP contribution in [0.5, 0.6) is 5.75 Å². The van der Waals surface area contributed by atoms with Crippen molar-refractivity contribution in [2.45, 2.75) is 26.8 Å². The Bertz CT molecular complexity index is 386. The molecule has 0 amide bonds. The molecule has 0 atom stereocenters. The highest BCUT2D eigenvalue weighted by Gasteiger charge is 2.19. The van der Waals surface area contributed by atoms with Crippen LogP contribution in [0.15, 0.2) is 12.1 Å². The van der Waals surface area contributed by atoms with Crippen LogP contribution in [0.1, 0.15) is 25.0 Å².